The SMILES string of the molecule is c1ccc(-c2ccc(-c3ccc(-c4cccs4)s3)[nH]2)cc1. The summed E-state index contributed by atoms with van der Waals surface area (Å²) in [6.07, 6.45) is 0. The second-order valence-electron chi connectivity index (χ2n) is 4.79. The summed E-state index contributed by atoms with van der Waals surface area (Å²) in [5.74, 6) is 0. The van der Waals surface area contributed by atoms with Crippen molar-refractivity contribution < 1.29 is 0 Å². The van der Waals surface area contributed by atoms with Crippen LogP contribution >= 0.6 is 22.7 Å². The third-order valence-corrected chi connectivity index (χ3v) is 5.59. The molecular formula is C18H13NS2. The van der Waals surface area contributed by atoms with Crippen LogP contribution in [0.2, 0.25) is 0 Å². The normalized spacial score (nSPS) is 10.9. The predicted molar refractivity (Wildman–Crippen MR) is 92.9 cm³/mol. The highest BCUT2D eigenvalue weighted by molar-refractivity contribution is 7.23. The van der Waals surface area contributed by atoms with Crippen molar-refractivity contribution in [2.45, 2.75) is 0 Å². The van der Waals surface area contributed by atoms with Crippen molar-refractivity contribution in [3.05, 3.63) is 72.1 Å². The van der Waals surface area contributed by atoms with Crippen molar-refractivity contribution >= 4 is 22.7 Å². The smallest absolute Gasteiger partial charge is 0.0560 e. The summed E-state index contributed by atoms with van der Waals surface area (Å²) in [4.78, 5) is 7.46. The van der Waals surface area contributed by atoms with Crippen LogP contribution in [0.1, 0.15) is 0 Å². The van der Waals surface area contributed by atoms with Gasteiger partial charge in [-0.3, -0.25) is 0 Å². The Morgan fingerprint density at radius 1 is 0.619 bits per heavy atom. The van der Waals surface area contributed by atoms with Gasteiger partial charge in [0.1, 0.15) is 0 Å². The Balaban J connectivity index is 1.67. The number of hydrogen-bond acceptors (Lipinski definition) is 2. The van der Waals surface area contributed by atoms with Crippen LogP contribution < -0.4 is 0 Å². The number of hydrogen-bond donors (Lipinski definition) is 1. The fraction of sp³-hybridized carbons (Fsp3) is 0. The number of rotatable bonds is 3. The molecule has 3 heterocycles. The molecular weight excluding hydrogens is 294 g/mol. The molecule has 0 saturated heterocycles. The van der Waals surface area contributed by atoms with Gasteiger partial charge in [0.05, 0.1) is 10.6 Å². The summed E-state index contributed by atoms with van der Waals surface area (Å²) in [5, 5.41) is 2.12. The first-order chi connectivity index (χ1) is 10.4. The van der Waals surface area contributed by atoms with Crippen molar-refractivity contribution in [2.24, 2.45) is 0 Å². The maximum absolute atomic E-state index is 3.52. The number of aromatic amines is 1. The van der Waals surface area contributed by atoms with Crippen molar-refractivity contribution in [1.82, 2.24) is 4.98 Å². The molecule has 0 aliphatic heterocycles. The third kappa shape index (κ3) is 2.46. The van der Waals surface area contributed by atoms with Gasteiger partial charge < -0.3 is 4.98 Å². The summed E-state index contributed by atoms with van der Waals surface area (Å²) in [7, 11) is 0. The Morgan fingerprint density at radius 2 is 1.43 bits per heavy atom. The summed E-state index contributed by atoms with van der Waals surface area (Å²) in [5.41, 5.74) is 3.57. The summed E-state index contributed by atoms with van der Waals surface area (Å²) in [6, 6.07) is 23.4. The van der Waals surface area contributed by atoms with E-state index >= 15 is 0 Å². The molecule has 0 bridgehead atoms. The average molecular weight is 307 g/mol. The monoisotopic (exact) mass is 307 g/mol. The Labute approximate surface area is 131 Å². The van der Waals surface area contributed by atoms with E-state index in [9.17, 15) is 0 Å². The molecule has 0 aliphatic rings. The number of aromatic nitrogens is 1. The zero-order chi connectivity index (χ0) is 14.1. The fourth-order valence-electron chi connectivity index (χ4n) is 2.36. The lowest BCUT2D eigenvalue weighted by atomic mass is 10.2. The molecule has 1 N–H and O–H groups in total. The van der Waals surface area contributed by atoms with Gasteiger partial charge in [-0.05, 0) is 41.3 Å². The predicted octanol–water partition coefficient (Wildman–Crippen LogP) is 6.14. The third-order valence-electron chi connectivity index (χ3n) is 3.41. The molecule has 0 fully saturated rings. The molecule has 0 atom stereocenters. The van der Waals surface area contributed by atoms with E-state index in [4.69, 9.17) is 0 Å². The van der Waals surface area contributed by atoms with Gasteiger partial charge in [-0.15, -0.1) is 22.7 Å². The quantitative estimate of drug-likeness (QED) is 0.468. The highest BCUT2D eigenvalue weighted by Gasteiger charge is 2.08. The van der Waals surface area contributed by atoms with E-state index in [1.807, 2.05) is 17.4 Å². The Bertz CT molecular complexity index is 838. The molecule has 0 spiro atoms. The first-order valence-electron chi connectivity index (χ1n) is 6.79. The molecule has 0 unspecified atom stereocenters. The van der Waals surface area contributed by atoms with Crippen molar-refractivity contribution in [1.29, 1.82) is 0 Å². The van der Waals surface area contributed by atoms with Crippen molar-refractivity contribution in [3.63, 3.8) is 0 Å². The Morgan fingerprint density at radius 3 is 2.24 bits per heavy atom. The van der Waals surface area contributed by atoms with Gasteiger partial charge in [-0.1, -0.05) is 36.4 Å². The molecule has 102 valence electrons. The van der Waals surface area contributed by atoms with Crippen LogP contribution in [0.25, 0.3) is 31.6 Å². The molecule has 0 radical (unpaired) electrons. The van der Waals surface area contributed by atoms with Gasteiger partial charge in [0, 0.05) is 15.4 Å². The Hall–Kier alpha value is -2.10. The zero-order valence-electron chi connectivity index (χ0n) is 11.2. The van der Waals surface area contributed by atoms with Gasteiger partial charge >= 0.3 is 0 Å². The second kappa shape index (κ2) is 5.35. The maximum Gasteiger partial charge on any atom is 0.0560 e. The molecule has 1 aromatic carbocycles. The van der Waals surface area contributed by atoms with E-state index in [1.54, 1.807) is 11.3 Å². The van der Waals surface area contributed by atoms with Crippen LogP contribution in [0, 0.1) is 0 Å². The molecule has 1 nitrogen and oxygen atoms in total. The molecule has 4 aromatic rings. The highest BCUT2D eigenvalue weighted by Crippen LogP contribution is 2.36. The molecule has 0 saturated carbocycles. The van der Waals surface area contributed by atoms with Crippen LogP contribution in [-0.4, -0.2) is 4.98 Å². The molecule has 21 heavy (non-hydrogen) atoms. The fourth-order valence-corrected chi connectivity index (χ4v) is 4.18. The maximum atomic E-state index is 3.52. The molecule has 4 rings (SSSR count). The minimum Gasteiger partial charge on any atom is -0.354 e. The molecule has 3 heteroatoms. The van der Waals surface area contributed by atoms with Crippen LogP contribution in [0.4, 0.5) is 0 Å². The van der Waals surface area contributed by atoms with Gasteiger partial charge in [0.2, 0.25) is 0 Å². The van der Waals surface area contributed by atoms with Crippen LogP contribution in [0.15, 0.2) is 72.1 Å². The Kier molecular flexibility index (Phi) is 3.22. The van der Waals surface area contributed by atoms with Gasteiger partial charge in [0.15, 0.2) is 0 Å². The number of nitrogens with one attached hydrogen (secondary N) is 1. The lowest BCUT2D eigenvalue weighted by molar-refractivity contribution is 1.41. The van der Waals surface area contributed by atoms with E-state index in [2.05, 4.69) is 71.0 Å². The minimum atomic E-state index is 1.16. The lowest BCUT2D eigenvalue weighted by Gasteiger charge is -1.97. The van der Waals surface area contributed by atoms with E-state index in [0.29, 0.717) is 0 Å². The van der Waals surface area contributed by atoms with Crippen LogP contribution in [0.5, 0.6) is 0 Å². The van der Waals surface area contributed by atoms with E-state index in [1.165, 1.54) is 25.9 Å². The van der Waals surface area contributed by atoms with E-state index in [0.717, 1.165) is 5.69 Å². The molecule has 0 amide bonds. The number of benzene rings is 1. The highest BCUT2D eigenvalue weighted by atomic mass is 32.1. The average Bonchev–Trinajstić information content (AvgIpc) is 3.27. The molecule has 0 aliphatic carbocycles. The lowest BCUT2D eigenvalue weighted by Crippen LogP contribution is -1.76. The van der Waals surface area contributed by atoms with Crippen LogP contribution in [-0.2, 0) is 0 Å². The largest absolute Gasteiger partial charge is 0.354 e. The second-order valence-corrected chi connectivity index (χ2v) is 6.82. The number of thiophene rings is 2. The first kappa shape index (κ1) is 12.6. The van der Waals surface area contributed by atoms with Gasteiger partial charge in [-0.25, -0.2) is 0 Å². The summed E-state index contributed by atoms with van der Waals surface area (Å²) in [6.45, 7) is 0. The van der Waals surface area contributed by atoms with Crippen molar-refractivity contribution in [3.8, 4) is 31.6 Å². The van der Waals surface area contributed by atoms with Gasteiger partial charge in [0.25, 0.3) is 0 Å². The van der Waals surface area contributed by atoms with E-state index in [-0.39, 0.29) is 0 Å². The number of H-pyrrole nitrogens is 1. The summed E-state index contributed by atoms with van der Waals surface area (Å²) >= 11 is 3.62. The van der Waals surface area contributed by atoms with Gasteiger partial charge in [-0.2, -0.15) is 0 Å². The first-order valence-corrected chi connectivity index (χ1v) is 8.48. The van der Waals surface area contributed by atoms with E-state index < -0.39 is 0 Å². The minimum absolute atomic E-state index is 1.16. The zero-order valence-corrected chi connectivity index (χ0v) is 12.9. The van der Waals surface area contributed by atoms with Crippen molar-refractivity contribution in [2.75, 3.05) is 0 Å². The topological polar surface area (TPSA) is 15.8 Å². The summed E-state index contributed by atoms with van der Waals surface area (Å²) < 4.78 is 0. The van der Waals surface area contributed by atoms with Crippen LogP contribution in [0.3, 0.4) is 0 Å². The molecule has 3 aromatic heterocycles. The standard InChI is InChI=1S/C18H13NS2/c1-2-5-13(6-3-1)14-8-9-15(19-14)16-10-11-18(21-16)17-7-4-12-20-17/h1-12,19H.